The molecule has 2 aromatic heterocycles. The molecule has 152 valence electrons. The Morgan fingerprint density at radius 1 is 1.33 bits per heavy atom. The van der Waals surface area contributed by atoms with Crippen LogP contribution in [0.3, 0.4) is 0 Å². The molecule has 9 heteroatoms. The van der Waals surface area contributed by atoms with Crippen LogP contribution in [0, 0.1) is 5.82 Å². The van der Waals surface area contributed by atoms with Crippen molar-refractivity contribution in [1.82, 2.24) is 9.38 Å². The summed E-state index contributed by atoms with van der Waals surface area (Å²) < 4.78 is 32.8. The molecule has 5 rings (SSSR count). The van der Waals surface area contributed by atoms with E-state index in [4.69, 9.17) is 25.8 Å². The van der Waals surface area contributed by atoms with Gasteiger partial charge in [0.2, 0.25) is 6.29 Å². The normalized spacial score (nSPS) is 15.6. The van der Waals surface area contributed by atoms with Gasteiger partial charge in [0.1, 0.15) is 18.2 Å². The molecule has 0 bridgehead atoms. The van der Waals surface area contributed by atoms with Crippen molar-refractivity contribution in [3.63, 3.8) is 0 Å². The highest BCUT2D eigenvalue weighted by atomic mass is 35.5. The smallest absolute Gasteiger partial charge is 0.358 e. The molecule has 0 amide bonds. The zero-order valence-corrected chi connectivity index (χ0v) is 17.0. The topological polar surface area (TPSA) is 62.1 Å². The van der Waals surface area contributed by atoms with E-state index in [2.05, 4.69) is 4.98 Å². The Kier molecular flexibility index (Phi) is 4.90. The molecule has 6 nitrogen and oxygen atoms in total. The Labute approximate surface area is 179 Å². The number of hydrogen-bond acceptors (Lipinski definition) is 6. The van der Waals surface area contributed by atoms with E-state index in [1.54, 1.807) is 16.0 Å². The molecule has 1 aliphatic rings. The molecule has 30 heavy (non-hydrogen) atoms. The molecule has 1 atom stereocenters. The van der Waals surface area contributed by atoms with Gasteiger partial charge in [0.05, 0.1) is 6.61 Å². The molecule has 3 heterocycles. The molecule has 2 aromatic carbocycles. The molecule has 0 saturated carbocycles. The lowest BCUT2D eigenvalue weighted by atomic mass is 10.1. The molecular weight excluding hydrogens is 431 g/mol. The van der Waals surface area contributed by atoms with Crippen molar-refractivity contribution < 1.29 is 23.4 Å². The van der Waals surface area contributed by atoms with Gasteiger partial charge in [-0.15, -0.1) is 11.3 Å². The Balaban J connectivity index is 1.40. The number of thiazole rings is 1. The highest BCUT2D eigenvalue weighted by molar-refractivity contribution is 7.15. The number of rotatable bonds is 4. The third kappa shape index (κ3) is 3.43. The van der Waals surface area contributed by atoms with E-state index in [1.807, 2.05) is 30.3 Å². The summed E-state index contributed by atoms with van der Waals surface area (Å²) in [6.45, 7) is -0.00822. The van der Waals surface area contributed by atoms with Crippen molar-refractivity contribution in [2.24, 2.45) is 0 Å². The number of hydrogen-bond donors (Lipinski definition) is 0. The Morgan fingerprint density at radius 3 is 3.00 bits per heavy atom. The summed E-state index contributed by atoms with van der Waals surface area (Å²) in [7, 11) is 0. The monoisotopic (exact) mass is 444 g/mol. The number of fused-ring (bicyclic) bond motifs is 2. The fourth-order valence-corrected chi connectivity index (χ4v) is 4.32. The van der Waals surface area contributed by atoms with Gasteiger partial charge >= 0.3 is 5.97 Å². The Bertz CT molecular complexity index is 1240. The maximum absolute atomic E-state index is 14.1. The summed E-state index contributed by atoms with van der Waals surface area (Å²) in [6, 6.07) is 12.1. The lowest BCUT2D eigenvalue weighted by Crippen LogP contribution is -2.20. The van der Waals surface area contributed by atoms with Crippen molar-refractivity contribution in [3.05, 3.63) is 87.4 Å². The number of nitrogens with zero attached hydrogens (tertiary/aromatic N) is 2. The first-order chi connectivity index (χ1) is 14.6. The maximum Gasteiger partial charge on any atom is 0.358 e. The third-order valence-electron chi connectivity index (χ3n) is 4.67. The second-order valence-electron chi connectivity index (χ2n) is 6.61. The van der Waals surface area contributed by atoms with Gasteiger partial charge in [-0.3, -0.25) is 4.40 Å². The van der Waals surface area contributed by atoms with E-state index in [1.165, 1.54) is 23.5 Å². The van der Waals surface area contributed by atoms with Crippen molar-refractivity contribution in [3.8, 4) is 5.75 Å². The summed E-state index contributed by atoms with van der Waals surface area (Å²) in [4.78, 5) is 17.3. The number of carbonyl (C=O) groups excluding carboxylic acids is 1. The number of imidazole rings is 1. The van der Waals surface area contributed by atoms with Crippen LogP contribution in [0.25, 0.3) is 4.96 Å². The van der Waals surface area contributed by atoms with Gasteiger partial charge in [0.15, 0.2) is 15.8 Å². The first kappa shape index (κ1) is 19.0. The Hall–Kier alpha value is -2.94. The van der Waals surface area contributed by atoms with Crippen LogP contribution in [0.15, 0.2) is 54.0 Å². The summed E-state index contributed by atoms with van der Waals surface area (Å²) >= 11 is 7.43. The number of halogens is 2. The van der Waals surface area contributed by atoms with Gasteiger partial charge in [-0.2, -0.15) is 0 Å². The van der Waals surface area contributed by atoms with E-state index >= 15 is 0 Å². The number of carbonyl (C=O) groups is 1. The summed E-state index contributed by atoms with van der Waals surface area (Å²) in [6.07, 6.45) is 1.05. The molecule has 0 radical (unpaired) electrons. The van der Waals surface area contributed by atoms with Gasteiger partial charge < -0.3 is 14.2 Å². The minimum absolute atomic E-state index is 0.0573. The predicted octanol–water partition coefficient (Wildman–Crippen LogP) is 5.15. The number of aromatic nitrogens is 2. The first-order valence-electron chi connectivity index (χ1n) is 9.03. The van der Waals surface area contributed by atoms with Crippen LogP contribution in [0.4, 0.5) is 4.39 Å². The molecule has 4 aromatic rings. The largest absolute Gasteiger partial charge is 0.460 e. The molecule has 0 unspecified atom stereocenters. The van der Waals surface area contributed by atoms with E-state index in [-0.39, 0.29) is 24.1 Å². The fourth-order valence-electron chi connectivity index (χ4n) is 3.31. The van der Waals surface area contributed by atoms with E-state index in [0.717, 1.165) is 5.56 Å². The van der Waals surface area contributed by atoms with E-state index in [9.17, 15) is 9.18 Å². The quantitative estimate of drug-likeness (QED) is 0.407. The molecule has 0 aliphatic carbocycles. The van der Waals surface area contributed by atoms with Crippen LogP contribution in [-0.2, 0) is 22.7 Å². The first-order valence-corrected chi connectivity index (χ1v) is 10.3. The third-order valence-corrected chi connectivity index (χ3v) is 5.69. The average Bonchev–Trinajstić information content (AvgIpc) is 3.32. The van der Waals surface area contributed by atoms with Gasteiger partial charge in [0.25, 0.3) is 0 Å². The summed E-state index contributed by atoms with van der Waals surface area (Å²) in [5.74, 6) is -0.673. The predicted molar refractivity (Wildman–Crippen MR) is 108 cm³/mol. The van der Waals surface area contributed by atoms with Crippen LogP contribution < -0.4 is 4.74 Å². The zero-order valence-electron chi connectivity index (χ0n) is 15.4. The van der Waals surface area contributed by atoms with E-state index < -0.39 is 18.1 Å². The minimum atomic E-state index is -0.657. The summed E-state index contributed by atoms with van der Waals surface area (Å²) in [5, 5.41) is 1.84. The number of esters is 1. The SMILES string of the molecule is O=C(OCc1cc(F)cc2c1O[C@H](c1ccccc1)OC2)c1c(Cl)nc2sccn12. The fraction of sp³-hybridized carbons (Fsp3) is 0.143. The molecule has 1 aliphatic heterocycles. The van der Waals surface area contributed by atoms with Gasteiger partial charge in [-0.25, -0.2) is 14.2 Å². The highest BCUT2D eigenvalue weighted by Crippen LogP contribution is 2.37. The average molecular weight is 445 g/mol. The van der Waals surface area contributed by atoms with Gasteiger partial charge in [-0.1, -0.05) is 41.9 Å². The van der Waals surface area contributed by atoms with Crippen LogP contribution in [0.5, 0.6) is 5.75 Å². The molecule has 0 spiro atoms. The molecular formula is C21H14ClFN2O4S. The van der Waals surface area contributed by atoms with Crippen molar-refractivity contribution in [2.75, 3.05) is 0 Å². The van der Waals surface area contributed by atoms with Crippen molar-refractivity contribution in [1.29, 1.82) is 0 Å². The van der Waals surface area contributed by atoms with Gasteiger partial charge in [0, 0.05) is 28.3 Å². The second-order valence-corrected chi connectivity index (χ2v) is 7.84. The highest BCUT2D eigenvalue weighted by Gasteiger charge is 2.26. The van der Waals surface area contributed by atoms with Gasteiger partial charge in [-0.05, 0) is 12.1 Å². The lowest BCUT2D eigenvalue weighted by Gasteiger charge is -2.28. The minimum Gasteiger partial charge on any atom is -0.460 e. The lowest BCUT2D eigenvalue weighted by molar-refractivity contribution is -0.112. The molecule has 0 N–H and O–H groups in total. The molecule has 0 fully saturated rings. The standard InChI is InChI=1S/C21H14ClFN2O4S/c22-18-16(25-6-7-30-21(25)24-18)19(26)27-10-13-8-15(23)9-14-11-28-20(29-17(13)14)12-4-2-1-3-5-12/h1-9,20H,10-11H2/t20-/m1/s1. The molecule has 0 saturated heterocycles. The Morgan fingerprint density at radius 2 is 2.17 bits per heavy atom. The number of benzene rings is 2. The van der Waals surface area contributed by atoms with E-state index in [0.29, 0.717) is 21.8 Å². The number of ether oxygens (including phenoxy) is 3. The maximum atomic E-state index is 14.1. The van der Waals surface area contributed by atoms with Crippen molar-refractivity contribution >= 4 is 33.9 Å². The van der Waals surface area contributed by atoms with Crippen LogP contribution >= 0.6 is 22.9 Å². The summed E-state index contributed by atoms with van der Waals surface area (Å²) in [5.41, 5.74) is 1.92. The van der Waals surface area contributed by atoms with Crippen LogP contribution in [-0.4, -0.2) is 15.4 Å². The van der Waals surface area contributed by atoms with Crippen LogP contribution in [0.1, 0.15) is 33.5 Å². The van der Waals surface area contributed by atoms with Crippen LogP contribution in [0.2, 0.25) is 5.15 Å². The van der Waals surface area contributed by atoms with Crippen molar-refractivity contribution in [2.45, 2.75) is 19.5 Å². The zero-order chi connectivity index (χ0) is 20.7. The second kappa shape index (κ2) is 7.71.